The van der Waals surface area contributed by atoms with Crippen LogP contribution in [0.25, 0.3) is 0 Å². The van der Waals surface area contributed by atoms with E-state index >= 15 is 0 Å². The largest absolute Gasteiger partial charge is 0.355 e. The van der Waals surface area contributed by atoms with Crippen LogP contribution in [0.1, 0.15) is 25.0 Å². The van der Waals surface area contributed by atoms with E-state index in [0.717, 1.165) is 21.7 Å². The normalized spacial score (nSPS) is 12.2. The predicted octanol–water partition coefficient (Wildman–Crippen LogP) is 3.62. The van der Waals surface area contributed by atoms with Crippen LogP contribution in [0, 0.1) is 6.92 Å². The molecular formula is C22H27Cl2N3O4S. The van der Waals surface area contributed by atoms with Gasteiger partial charge in [0.1, 0.15) is 12.6 Å². The van der Waals surface area contributed by atoms with Crippen LogP contribution in [0.4, 0.5) is 5.69 Å². The van der Waals surface area contributed by atoms with Gasteiger partial charge in [-0.05, 0) is 44.5 Å². The van der Waals surface area contributed by atoms with Gasteiger partial charge in [-0.25, -0.2) is 8.42 Å². The summed E-state index contributed by atoms with van der Waals surface area (Å²) >= 11 is 12.2. The molecule has 0 unspecified atom stereocenters. The van der Waals surface area contributed by atoms with Gasteiger partial charge in [0, 0.05) is 18.1 Å². The molecule has 0 aromatic heterocycles. The number of hydrogen-bond donors (Lipinski definition) is 1. The monoisotopic (exact) mass is 499 g/mol. The van der Waals surface area contributed by atoms with E-state index in [1.54, 1.807) is 13.8 Å². The molecular weight excluding hydrogens is 473 g/mol. The van der Waals surface area contributed by atoms with Crippen molar-refractivity contribution < 1.29 is 18.0 Å². The molecule has 0 fully saturated rings. The van der Waals surface area contributed by atoms with Gasteiger partial charge >= 0.3 is 0 Å². The number of likely N-dealkylation sites (N-methyl/N-ethyl adjacent to an activating group) is 1. The number of carbonyl (C=O) groups is 2. The highest BCUT2D eigenvalue weighted by Crippen LogP contribution is 2.30. The third kappa shape index (κ3) is 6.85. The average Bonchev–Trinajstić information content (AvgIpc) is 2.71. The Bertz CT molecular complexity index is 1090. The highest BCUT2D eigenvalue weighted by Gasteiger charge is 2.30. The summed E-state index contributed by atoms with van der Waals surface area (Å²) < 4.78 is 26.0. The second kappa shape index (κ2) is 11.0. The lowest BCUT2D eigenvalue weighted by Crippen LogP contribution is -2.51. The zero-order chi connectivity index (χ0) is 24.1. The third-order valence-corrected chi connectivity index (χ3v) is 6.49. The maximum atomic E-state index is 13.4. The first-order valence-corrected chi connectivity index (χ1v) is 12.6. The molecule has 0 saturated carbocycles. The van der Waals surface area contributed by atoms with Gasteiger partial charge in [-0.2, -0.15) is 0 Å². The third-order valence-electron chi connectivity index (χ3n) is 4.81. The Hall–Kier alpha value is -2.29. The lowest BCUT2D eigenvalue weighted by Gasteiger charge is -2.31. The fourth-order valence-corrected chi connectivity index (χ4v) is 4.47. The molecule has 32 heavy (non-hydrogen) atoms. The van der Waals surface area contributed by atoms with E-state index < -0.39 is 28.5 Å². The Morgan fingerprint density at radius 1 is 1.12 bits per heavy atom. The minimum absolute atomic E-state index is 0.0937. The lowest BCUT2D eigenvalue weighted by molar-refractivity contribution is -0.139. The molecule has 174 valence electrons. The molecule has 0 bridgehead atoms. The molecule has 0 heterocycles. The van der Waals surface area contributed by atoms with Crippen LogP contribution < -0.4 is 9.62 Å². The van der Waals surface area contributed by atoms with Crippen molar-refractivity contribution in [2.45, 2.75) is 33.4 Å². The fourth-order valence-electron chi connectivity index (χ4n) is 3.18. The van der Waals surface area contributed by atoms with Crippen LogP contribution in [0.2, 0.25) is 10.0 Å². The zero-order valence-electron chi connectivity index (χ0n) is 18.4. The van der Waals surface area contributed by atoms with Gasteiger partial charge in [-0.3, -0.25) is 13.9 Å². The number of benzene rings is 2. The molecule has 0 saturated heterocycles. The van der Waals surface area contributed by atoms with Crippen molar-refractivity contribution in [3.05, 3.63) is 63.6 Å². The number of amides is 2. The summed E-state index contributed by atoms with van der Waals surface area (Å²) in [6.07, 6.45) is 0.982. The Morgan fingerprint density at radius 3 is 2.41 bits per heavy atom. The average molecular weight is 500 g/mol. The highest BCUT2D eigenvalue weighted by atomic mass is 35.5. The summed E-state index contributed by atoms with van der Waals surface area (Å²) in [7, 11) is -3.88. The molecule has 2 aromatic rings. The molecule has 0 spiro atoms. The van der Waals surface area contributed by atoms with E-state index in [4.69, 9.17) is 23.2 Å². The van der Waals surface area contributed by atoms with E-state index in [1.165, 1.54) is 23.1 Å². The summed E-state index contributed by atoms with van der Waals surface area (Å²) in [4.78, 5) is 27.3. The van der Waals surface area contributed by atoms with Gasteiger partial charge in [-0.1, -0.05) is 53.0 Å². The molecule has 0 radical (unpaired) electrons. The van der Waals surface area contributed by atoms with Crippen LogP contribution in [-0.2, 0) is 26.2 Å². The second-order valence-electron chi connectivity index (χ2n) is 7.45. The fraction of sp³-hybridized carbons (Fsp3) is 0.364. The smallest absolute Gasteiger partial charge is 0.244 e. The van der Waals surface area contributed by atoms with E-state index in [2.05, 4.69) is 5.32 Å². The molecule has 1 N–H and O–H groups in total. The summed E-state index contributed by atoms with van der Waals surface area (Å²) in [6, 6.07) is 11.1. The van der Waals surface area contributed by atoms with E-state index in [0.29, 0.717) is 6.54 Å². The number of nitrogens with zero attached hydrogens (tertiary/aromatic N) is 2. The first kappa shape index (κ1) is 26.0. The van der Waals surface area contributed by atoms with Gasteiger partial charge in [0.15, 0.2) is 0 Å². The summed E-state index contributed by atoms with van der Waals surface area (Å²) in [5.41, 5.74) is 1.92. The van der Waals surface area contributed by atoms with Gasteiger partial charge in [0.25, 0.3) is 0 Å². The topological polar surface area (TPSA) is 86.8 Å². The first-order chi connectivity index (χ1) is 14.9. The lowest BCUT2D eigenvalue weighted by atomic mass is 10.1. The number of hydrogen-bond acceptors (Lipinski definition) is 4. The standard InChI is InChI=1S/C22H27Cl2N3O4S/c1-5-25-22(29)16(3)26(13-17-8-6-7-15(2)11-17)21(28)14-27(32(4,30)31)20-12-18(23)9-10-19(20)24/h6-12,16H,5,13-14H2,1-4H3,(H,25,29)/t16-/m0/s1. The van der Waals surface area contributed by atoms with Crippen molar-refractivity contribution >= 4 is 50.7 Å². The molecule has 0 aliphatic rings. The molecule has 2 amide bonds. The minimum atomic E-state index is -3.88. The van der Waals surface area contributed by atoms with Crippen LogP contribution in [-0.4, -0.2) is 50.5 Å². The van der Waals surface area contributed by atoms with Crippen molar-refractivity contribution in [1.82, 2.24) is 10.2 Å². The first-order valence-electron chi connectivity index (χ1n) is 9.99. The molecule has 1 atom stereocenters. The molecule has 7 nitrogen and oxygen atoms in total. The van der Waals surface area contributed by atoms with Gasteiger partial charge in [0.05, 0.1) is 17.0 Å². The number of halogens is 2. The molecule has 0 aliphatic heterocycles. The maximum Gasteiger partial charge on any atom is 0.244 e. The van der Waals surface area contributed by atoms with E-state index in [-0.39, 0.29) is 28.2 Å². The maximum absolute atomic E-state index is 13.4. The Labute approximate surface area is 199 Å². The van der Waals surface area contributed by atoms with Crippen LogP contribution in [0.15, 0.2) is 42.5 Å². The van der Waals surface area contributed by atoms with Crippen molar-refractivity contribution in [1.29, 1.82) is 0 Å². The highest BCUT2D eigenvalue weighted by molar-refractivity contribution is 7.92. The summed E-state index contributed by atoms with van der Waals surface area (Å²) in [5, 5.41) is 3.12. The predicted molar refractivity (Wildman–Crippen MR) is 129 cm³/mol. The number of rotatable bonds is 9. The van der Waals surface area contributed by atoms with Crippen molar-refractivity contribution in [3.63, 3.8) is 0 Å². The molecule has 2 rings (SSSR count). The quantitative estimate of drug-likeness (QED) is 0.570. The van der Waals surface area contributed by atoms with Crippen LogP contribution in [0.3, 0.4) is 0 Å². The molecule has 10 heteroatoms. The summed E-state index contributed by atoms with van der Waals surface area (Å²) in [5.74, 6) is -0.882. The Morgan fingerprint density at radius 2 is 1.81 bits per heavy atom. The van der Waals surface area contributed by atoms with E-state index in [1.807, 2.05) is 31.2 Å². The molecule has 2 aromatic carbocycles. The number of sulfonamides is 1. The SMILES string of the molecule is CCNC(=O)[C@H](C)N(Cc1cccc(C)c1)C(=O)CN(c1cc(Cl)ccc1Cl)S(C)(=O)=O. The van der Waals surface area contributed by atoms with Crippen molar-refractivity contribution in [3.8, 4) is 0 Å². The second-order valence-corrected chi connectivity index (χ2v) is 10.2. The Balaban J connectivity index is 2.43. The van der Waals surface area contributed by atoms with Crippen molar-refractivity contribution in [2.75, 3.05) is 23.7 Å². The van der Waals surface area contributed by atoms with Crippen LogP contribution >= 0.6 is 23.2 Å². The van der Waals surface area contributed by atoms with Gasteiger partial charge in [-0.15, -0.1) is 0 Å². The Kier molecular flexibility index (Phi) is 8.95. The van der Waals surface area contributed by atoms with Gasteiger partial charge < -0.3 is 10.2 Å². The van der Waals surface area contributed by atoms with Crippen LogP contribution in [0.5, 0.6) is 0 Å². The summed E-state index contributed by atoms with van der Waals surface area (Å²) in [6.45, 7) is 5.33. The number of carbonyl (C=O) groups excluding carboxylic acids is 2. The molecule has 0 aliphatic carbocycles. The van der Waals surface area contributed by atoms with E-state index in [9.17, 15) is 18.0 Å². The zero-order valence-corrected chi connectivity index (χ0v) is 20.8. The number of anilines is 1. The van der Waals surface area contributed by atoms with Gasteiger partial charge in [0.2, 0.25) is 21.8 Å². The minimum Gasteiger partial charge on any atom is -0.355 e. The number of aryl methyl sites for hydroxylation is 1. The number of nitrogens with one attached hydrogen (secondary N) is 1. The van der Waals surface area contributed by atoms with Crippen molar-refractivity contribution in [2.24, 2.45) is 0 Å².